The largest absolute Gasteiger partial charge is 0.491 e. The van der Waals surface area contributed by atoms with Crippen molar-refractivity contribution in [1.29, 1.82) is 0 Å². The lowest BCUT2D eigenvalue weighted by Gasteiger charge is -2.31. The number of benzene rings is 1. The zero-order chi connectivity index (χ0) is 22.6. The van der Waals surface area contributed by atoms with Gasteiger partial charge in [-0.1, -0.05) is 12.1 Å². The van der Waals surface area contributed by atoms with Crippen LogP contribution in [0.4, 0.5) is 0 Å². The Bertz CT molecular complexity index is 739. The van der Waals surface area contributed by atoms with E-state index in [9.17, 15) is 9.90 Å². The zero-order valence-electron chi connectivity index (χ0n) is 18.8. The molecule has 1 aliphatic carbocycles. The van der Waals surface area contributed by atoms with Crippen molar-refractivity contribution < 1.29 is 19.4 Å². The van der Waals surface area contributed by atoms with Crippen LogP contribution < -0.4 is 4.74 Å². The van der Waals surface area contributed by atoms with Crippen LogP contribution in [0.1, 0.15) is 45.1 Å². The van der Waals surface area contributed by atoms with Crippen LogP contribution in [-0.4, -0.2) is 54.4 Å². The highest BCUT2D eigenvalue weighted by Crippen LogP contribution is 2.28. The summed E-state index contributed by atoms with van der Waals surface area (Å²) in [5, 5.41) is 10.5. The molecule has 1 aliphatic rings. The molecular weight excluding hydrogens is 390 g/mol. The SMILES string of the molecule is C#CCC(CC#C)C(=O)N(C[C@H](O)COc1ccc(CCOCC2CC2)cc1)C(C)C. The Morgan fingerprint density at radius 2 is 1.84 bits per heavy atom. The number of hydrogen-bond donors (Lipinski definition) is 1. The highest BCUT2D eigenvalue weighted by Gasteiger charge is 2.27. The summed E-state index contributed by atoms with van der Waals surface area (Å²) in [5.41, 5.74) is 1.19. The van der Waals surface area contributed by atoms with Gasteiger partial charge in [0.25, 0.3) is 0 Å². The molecule has 1 amide bonds. The molecule has 0 bridgehead atoms. The molecule has 168 valence electrons. The summed E-state index contributed by atoms with van der Waals surface area (Å²) in [7, 11) is 0. The Kier molecular flexibility index (Phi) is 10.4. The minimum Gasteiger partial charge on any atom is -0.491 e. The van der Waals surface area contributed by atoms with Crippen molar-refractivity contribution in [3.63, 3.8) is 0 Å². The Morgan fingerprint density at radius 1 is 1.19 bits per heavy atom. The second kappa shape index (κ2) is 13.1. The van der Waals surface area contributed by atoms with Crippen LogP contribution in [-0.2, 0) is 16.0 Å². The molecule has 1 aromatic rings. The number of terminal acetylenes is 2. The van der Waals surface area contributed by atoms with E-state index >= 15 is 0 Å². The molecule has 0 heterocycles. The monoisotopic (exact) mass is 425 g/mol. The average molecular weight is 426 g/mol. The fraction of sp³-hybridized carbons (Fsp3) is 0.577. The molecule has 1 N–H and O–H groups in total. The van der Waals surface area contributed by atoms with Gasteiger partial charge in [-0.05, 0) is 56.7 Å². The molecule has 5 heteroatoms. The van der Waals surface area contributed by atoms with Gasteiger partial charge in [-0.2, -0.15) is 0 Å². The quantitative estimate of drug-likeness (QED) is 0.367. The third kappa shape index (κ3) is 9.05. The number of rotatable bonds is 14. The predicted molar refractivity (Wildman–Crippen MR) is 122 cm³/mol. The van der Waals surface area contributed by atoms with Crippen LogP contribution in [0.15, 0.2) is 24.3 Å². The second-order valence-electron chi connectivity index (χ2n) is 8.47. The van der Waals surface area contributed by atoms with Crippen molar-refractivity contribution in [2.24, 2.45) is 11.8 Å². The fourth-order valence-electron chi connectivity index (χ4n) is 3.27. The number of hydrogen-bond acceptors (Lipinski definition) is 4. The molecule has 1 aromatic carbocycles. The van der Waals surface area contributed by atoms with E-state index in [4.69, 9.17) is 22.3 Å². The van der Waals surface area contributed by atoms with E-state index in [1.165, 1.54) is 18.4 Å². The number of nitrogens with zero attached hydrogens (tertiary/aromatic N) is 1. The van der Waals surface area contributed by atoms with Gasteiger partial charge in [0.2, 0.25) is 5.91 Å². The standard InChI is InChI=1S/C26H35NO4/c1-5-7-23(8-6-2)26(29)27(20(3)4)17-24(28)19-31-25-13-11-21(12-14-25)15-16-30-18-22-9-10-22/h1-2,11-14,20,22-24,28H,7-10,15-19H2,3-4H3/t24-/m0/s1. The first-order chi connectivity index (χ1) is 14.9. The van der Waals surface area contributed by atoms with Crippen LogP contribution in [0, 0.1) is 36.5 Å². The summed E-state index contributed by atoms with van der Waals surface area (Å²) in [5.74, 6) is 5.95. The van der Waals surface area contributed by atoms with Crippen LogP contribution in [0.2, 0.25) is 0 Å². The lowest BCUT2D eigenvalue weighted by molar-refractivity contribution is -0.138. The highest BCUT2D eigenvalue weighted by atomic mass is 16.5. The van der Waals surface area contributed by atoms with Crippen LogP contribution >= 0.6 is 0 Å². The molecule has 31 heavy (non-hydrogen) atoms. The van der Waals surface area contributed by atoms with Gasteiger partial charge in [0.1, 0.15) is 18.5 Å². The number of aliphatic hydroxyl groups excluding tert-OH is 1. The maximum atomic E-state index is 12.8. The van der Waals surface area contributed by atoms with Gasteiger partial charge in [-0.3, -0.25) is 4.79 Å². The lowest BCUT2D eigenvalue weighted by Crippen LogP contribution is -2.46. The van der Waals surface area contributed by atoms with Gasteiger partial charge in [0.15, 0.2) is 0 Å². The van der Waals surface area contributed by atoms with Gasteiger partial charge < -0.3 is 19.5 Å². The summed E-state index contributed by atoms with van der Waals surface area (Å²) < 4.78 is 11.4. The van der Waals surface area contributed by atoms with Crippen molar-refractivity contribution in [2.45, 2.75) is 58.1 Å². The van der Waals surface area contributed by atoms with Crippen LogP contribution in [0.25, 0.3) is 0 Å². The smallest absolute Gasteiger partial charge is 0.227 e. The second-order valence-corrected chi connectivity index (χ2v) is 8.47. The maximum absolute atomic E-state index is 12.8. The molecule has 0 spiro atoms. The van der Waals surface area contributed by atoms with E-state index in [-0.39, 0.29) is 37.9 Å². The first-order valence-corrected chi connectivity index (χ1v) is 11.1. The van der Waals surface area contributed by atoms with E-state index in [2.05, 4.69) is 11.8 Å². The third-order valence-corrected chi connectivity index (χ3v) is 5.34. The van der Waals surface area contributed by atoms with Gasteiger partial charge in [0.05, 0.1) is 19.1 Å². The van der Waals surface area contributed by atoms with E-state index < -0.39 is 12.0 Å². The van der Waals surface area contributed by atoms with Crippen molar-refractivity contribution in [3.8, 4) is 30.4 Å². The Balaban J connectivity index is 1.78. The Labute approximate surface area is 187 Å². The van der Waals surface area contributed by atoms with Gasteiger partial charge >= 0.3 is 0 Å². The van der Waals surface area contributed by atoms with Gasteiger partial charge in [-0.15, -0.1) is 24.7 Å². The van der Waals surface area contributed by atoms with Crippen LogP contribution in [0.3, 0.4) is 0 Å². The molecule has 5 nitrogen and oxygen atoms in total. The normalized spacial score (nSPS) is 14.2. The number of carbonyl (C=O) groups excluding carboxylic acids is 1. The summed E-state index contributed by atoms with van der Waals surface area (Å²) in [6.07, 6.45) is 14.0. The summed E-state index contributed by atoms with van der Waals surface area (Å²) in [4.78, 5) is 14.5. The first-order valence-electron chi connectivity index (χ1n) is 11.1. The summed E-state index contributed by atoms with van der Waals surface area (Å²) >= 11 is 0. The minimum absolute atomic E-state index is 0.0818. The zero-order valence-corrected chi connectivity index (χ0v) is 18.8. The van der Waals surface area contributed by atoms with E-state index in [0.29, 0.717) is 5.75 Å². The van der Waals surface area contributed by atoms with Crippen molar-refractivity contribution in [2.75, 3.05) is 26.4 Å². The first kappa shape index (κ1) is 24.8. The number of ether oxygens (including phenoxy) is 2. The molecule has 0 aromatic heterocycles. The molecule has 0 radical (unpaired) electrons. The van der Waals surface area contributed by atoms with Crippen molar-refractivity contribution in [1.82, 2.24) is 4.90 Å². The Hall–Kier alpha value is -2.47. The third-order valence-electron chi connectivity index (χ3n) is 5.34. The number of carbonyl (C=O) groups is 1. The molecule has 1 fully saturated rings. The van der Waals surface area contributed by atoms with Crippen LogP contribution in [0.5, 0.6) is 5.75 Å². The maximum Gasteiger partial charge on any atom is 0.227 e. The molecular formula is C26H35NO4. The fourth-order valence-corrected chi connectivity index (χ4v) is 3.27. The van der Waals surface area contributed by atoms with E-state index in [0.717, 1.165) is 25.6 Å². The average Bonchev–Trinajstić information content (AvgIpc) is 3.58. The Morgan fingerprint density at radius 3 is 2.39 bits per heavy atom. The number of amides is 1. The highest BCUT2D eigenvalue weighted by molar-refractivity contribution is 5.79. The lowest BCUT2D eigenvalue weighted by atomic mass is 9.99. The molecule has 0 unspecified atom stereocenters. The van der Waals surface area contributed by atoms with Gasteiger partial charge in [-0.25, -0.2) is 0 Å². The molecule has 2 rings (SSSR count). The molecule has 1 atom stereocenters. The van der Waals surface area contributed by atoms with E-state index in [1.54, 1.807) is 4.90 Å². The number of aliphatic hydroxyl groups is 1. The van der Waals surface area contributed by atoms with Gasteiger partial charge in [0, 0.05) is 25.5 Å². The van der Waals surface area contributed by atoms with Crippen molar-refractivity contribution in [3.05, 3.63) is 29.8 Å². The summed E-state index contributed by atoms with van der Waals surface area (Å²) in [6, 6.07) is 7.72. The van der Waals surface area contributed by atoms with Crippen molar-refractivity contribution >= 4 is 5.91 Å². The molecule has 1 saturated carbocycles. The topological polar surface area (TPSA) is 59.0 Å². The molecule has 0 saturated heterocycles. The predicted octanol–water partition coefficient (Wildman–Crippen LogP) is 3.30. The van der Waals surface area contributed by atoms with E-state index in [1.807, 2.05) is 38.1 Å². The summed E-state index contributed by atoms with van der Waals surface area (Å²) in [6.45, 7) is 5.67. The molecule has 0 aliphatic heterocycles. The minimum atomic E-state index is -0.820.